The Morgan fingerprint density at radius 3 is 0.955 bits per heavy atom. The van der Waals surface area contributed by atoms with E-state index in [1.807, 2.05) is 12.1 Å². The molecule has 16 rings (SSSR count). The Morgan fingerprint density at radius 1 is 0.373 bits per heavy atom. The highest BCUT2D eigenvalue weighted by Gasteiger charge is 2.51. The number of aliphatic hydroxyl groups is 1. The van der Waals surface area contributed by atoms with Crippen molar-refractivity contribution in [2.45, 2.75) is 320 Å². The van der Waals surface area contributed by atoms with Gasteiger partial charge in [0.15, 0.2) is 41.1 Å². The molecule has 4 saturated carbocycles. The minimum Gasteiger partial charge on any atom is -0.493 e. The van der Waals surface area contributed by atoms with Crippen LogP contribution in [-0.2, 0) is 93.3 Å². The predicted octanol–water partition coefficient (Wildman–Crippen LogP) is 23.3. The van der Waals surface area contributed by atoms with Crippen LogP contribution in [0.2, 0.25) is 0 Å². The van der Waals surface area contributed by atoms with Crippen LogP contribution < -0.4 is 18.9 Å². The highest BCUT2D eigenvalue weighted by molar-refractivity contribution is 6.42. The number of carbonyl (C=O) groups excluding carboxylic acids is 4. The van der Waals surface area contributed by atoms with Gasteiger partial charge in [-0.05, 0) is 260 Å². The van der Waals surface area contributed by atoms with E-state index in [9.17, 15) is 86.9 Å². The van der Waals surface area contributed by atoms with E-state index >= 15 is 0 Å². The third kappa shape index (κ3) is 23.8. The van der Waals surface area contributed by atoms with Crippen molar-refractivity contribution in [2.24, 2.45) is 0 Å². The smallest absolute Gasteiger partial charge is 0.435 e. The largest absolute Gasteiger partial charge is 0.493 e. The van der Waals surface area contributed by atoms with Gasteiger partial charge in [0.25, 0.3) is 5.78 Å². The highest BCUT2D eigenvalue weighted by atomic mass is 19.4. The summed E-state index contributed by atoms with van der Waals surface area (Å²) in [7, 11) is 0. The van der Waals surface area contributed by atoms with Crippen LogP contribution in [0.15, 0.2) is 72.8 Å². The van der Waals surface area contributed by atoms with E-state index in [1.165, 1.54) is 32.6 Å². The Hall–Kier alpha value is -10.5. The van der Waals surface area contributed by atoms with Crippen molar-refractivity contribution in [1.29, 1.82) is 0 Å². The Labute approximate surface area is 769 Å². The van der Waals surface area contributed by atoms with Crippen molar-refractivity contribution < 1.29 is 130 Å². The Balaban J connectivity index is 0.000000152. The number of aryl methyl sites for hydroxylation is 4. The maximum Gasteiger partial charge on any atom is 0.435 e. The second kappa shape index (κ2) is 42.8. The minimum atomic E-state index is -4.90. The maximum atomic E-state index is 14.5. The summed E-state index contributed by atoms with van der Waals surface area (Å²) in [5, 5.41) is 36.8. The normalized spacial score (nSPS) is 17.8. The van der Waals surface area contributed by atoms with Crippen molar-refractivity contribution in [3.8, 4) is 68.0 Å². The van der Waals surface area contributed by atoms with Gasteiger partial charge < -0.3 is 52.8 Å². The number of esters is 3. The van der Waals surface area contributed by atoms with Crippen molar-refractivity contribution in [3.05, 3.63) is 140 Å². The number of aromatic nitrogens is 8. The number of benzene rings is 4. The first kappa shape index (κ1) is 101. The van der Waals surface area contributed by atoms with E-state index < -0.39 is 123 Å². The first-order chi connectivity index (χ1) is 63.6. The summed E-state index contributed by atoms with van der Waals surface area (Å²) < 4.78 is 226. The van der Waals surface area contributed by atoms with Gasteiger partial charge in [0.2, 0.25) is 0 Å². The number of ether oxygens (including phenoxy) is 9. The van der Waals surface area contributed by atoms with Gasteiger partial charge in [-0.1, -0.05) is 77.0 Å². The third-order valence-electron chi connectivity index (χ3n) is 24.9. The zero-order chi connectivity index (χ0) is 96.5. The molecule has 8 aliphatic rings. The van der Waals surface area contributed by atoms with Crippen molar-refractivity contribution in [3.63, 3.8) is 0 Å². The molecule has 730 valence electrons. The average molecular weight is 1890 g/mol. The number of hydrogen-bond acceptors (Lipinski definition) is 19. The van der Waals surface area contributed by atoms with Crippen LogP contribution in [0.1, 0.15) is 331 Å². The zero-order valence-electron chi connectivity index (χ0n) is 76.9. The van der Waals surface area contributed by atoms with Crippen LogP contribution in [0.25, 0.3) is 45.0 Å². The van der Waals surface area contributed by atoms with Crippen LogP contribution >= 0.6 is 0 Å². The Bertz CT molecular complexity index is 5460. The molecular formula is C98H118F12N8O16. The van der Waals surface area contributed by atoms with Gasteiger partial charge in [-0.2, -0.15) is 73.1 Å². The second-order valence-electron chi connectivity index (χ2n) is 37.0. The summed E-state index contributed by atoms with van der Waals surface area (Å²) in [6.45, 7) is 16.8. The molecule has 4 fully saturated rings. The average Bonchev–Trinajstić information content (AvgIpc) is 1.67. The lowest BCUT2D eigenvalue weighted by atomic mass is 9.93. The summed E-state index contributed by atoms with van der Waals surface area (Å²) in [6.07, 6.45) is -1.92. The van der Waals surface area contributed by atoms with Crippen molar-refractivity contribution in [2.75, 3.05) is 46.2 Å². The molecule has 0 saturated heterocycles. The lowest BCUT2D eigenvalue weighted by Gasteiger charge is -2.28. The first-order valence-electron chi connectivity index (χ1n) is 46.7. The maximum absolute atomic E-state index is 14.5. The molecule has 0 amide bonds. The molecule has 8 heterocycles. The number of nitrogens with zero attached hydrogens (tertiary/aromatic N) is 8. The molecule has 4 aliphatic carbocycles. The zero-order valence-corrected chi connectivity index (χ0v) is 76.9. The number of halogens is 12. The lowest BCUT2D eigenvalue weighted by Crippen LogP contribution is -2.30. The predicted molar refractivity (Wildman–Crippen MR) is 468 cm³/mol. The standard InChI is InChI=1S/C27H35F3N2O4.C25H31F3N2O4.C23H27F3N2O4.C23H25F3N2O4/c1-5-34-25(33)23(36-26(2,3)4)21-22(18-13-14-20-17(16-18)10-9-15-35-20)32(19-11-7-6-8-12-19)31-24(21)27(28,29)30;1-24(2,3)34-21(23(31)32)19-20(16-11-12-18-15(14-16)8-7-13-33-18)30(17-9-5-4-6-10-17)29-22(19)25(26,27)28;2*1-2-31-22(30)20(29)18-19(15-10-11-17-14(13-15)7-6-12-32-17)28(16-8-4-3-5-9-16)27-21(18)23(24,25)26/h13-14,16,19,23H,5-12,15H2,1-4H3;11-12,14,17,21H,4-10,13H2,1-3H3,(H,31,32);10-11,13,16,20,29H,2-9,12H2,1H3;10-11,13,16H,2-9,12H2,1H3. The van der Waals surface area contributed by atoms with Gasteiger partial charge in [-0.3, -0.25) is 23.5 Å². The number of aliphatic carboxylic acids is 1. The van der Waals surface area contributed by atoms with Gasteiger partial charge in [-0.15, -0.1) is 0 Å². The first-order valence-corrected chi connectivity index (χ1v) is 46.7. The summed E-state index contributed by atoms with van der Waals surface area (Å²) in [5.74, 6) is -3.28. The minimum absolute atomic E-state index is 0.0203. The van der Waals surface area contributed by atoms with E-state index in [0.29, 0.717) is 111 Å². The molecule has 4 aromatic heterocycles. The Kier molecular flexibility index (Phi) is 32.3. The molecule has 4 aromatic carbocycles. The quantitative estimate of drug-likeness (QED) is 0.0222. The van der Waals surface area contributed by atoms with Crippen LogP contribution in [0.5, 0.6) is 23.0 Å². The number of fused-ring (bicyclic) bond motifs is 4. The molecule has 0 spiro atoms. The Morgan fingerprint density at radius 2 is 0.649 bits per heavy atom. The number of Topliss-reactive ketones (excluding diaryl/α,β-unsaturated/α-hetero) is 1. The molecule has 8 aromatic rings. The molecule has 3 atom stereocenters. The van der Waals surface area contributed by atoms with Gasteiger partial charge in [0.1, 0.15) is 23.0 Å². The fourth-order valence-corrected chi connectivity index (χ4v) is 19.1. The summed E-state index contributed by atoms with van der Waals surface area (Å²) in [4.78, 5) is 62.9. The van der Waals surface area contributed by atoms with Crippen LogP contribution in [-0.4, -0.2) is 136 Å². The lowest BCUT2D eigenvalue weighted by molar-refractivity contribution is -0.169. The number of hydrogen-bond donors (Lipinski definition) is 2. The van der Waals surface area contributed by atoms with E-state index in [2.05, 4.69) is 20.4 Å². The summed E-state index contributed by atoms with van der Waals surface area (Å²) in [5.41, 5.74) is -2.67. The molecule has 36 heteroatoms. The number of aliphatic hydroxyl groups excluding tert-OH is 1. The van der Waals surface area contributed by atoms with Gasteiger partial charge in [0.05, 0.1) is 127 Å². The number of ketones is 1. The molecule has 3 unspecified atom stereocenters. The molecule has 134 heavy (non-hydrogen) atoms. The SMILES string of the molecule is CC(C)(C)OC(C(=O)O)c1c(C(F)(F)F)nn(C2CCCCC2)c1-c1ccc2c(c1)CCCO2.CCOC(=O)C(=O)c1c(C(F)(F)F)nn(C2CCCCC2)c1-c1ccc2c(c1)CCCO2.CCOC(=O)C(O)c1c(C(F)(F)F)nn(C2CCCCC2)c1-c1ccc2c(c1)CCCO2.CCOC(=O)C(OC(C)(C)C)c1c(C(F)(F)F)nn(C2CCCCC2)c1-c1ccc2c(c1)CCCO2. The fraction of sp³-hybridized carbons (Fsp3) is 0.582. The molecular weight excluding hydrogens is 1770 g/mol. The van der Waals surface area contributed by atoms with Gasteiger partial charge in [0, 0.05) is 22.3 Å². The van der Waals surface area contributed by atoms with E-state index in [4.69, 9.17) is 42.6 Å². The highest BCUT2D eigenvalue weighted by Crippen LogP contribution is 2.52. The third-order valence-corrected chi connectivity index (χ3v) is 24.9. The van der Waals surface area contributed by atoms with Crippen molar-refractivity contribution >= 4 is 29.7 Å². The molecule has 0 radical (unpaired) electrons. The van der Waals surface area contributed by atoms with Crippen LogP contribution in [0.3, 0.4) is 0 Å². The summed E-state index contributed by atoms with van der Waals surface area (Å²) >= 11 is 0. The summed E-state index contributed by atoms with van der Waals surface area (Å²) in [6, 6.07) is 20.0. The van der Waals surface area contributed by atoms with Crippen LogP contribution in [0.4, 0.5) is 52.7 Å². The topological polar surface area (TPSA) is 280 Å². The van der Waals surface area contributed by atoms with E-state index in [-0.39, 0.29) is 72.3 Å². The number of carbonyl (C=O) groups is 5. The van der Waals surface area contributed by atoms with Crippen LogP contribution in [0, 0.1) is 0 Å². The van der Waals surface area contributed by atoms with E-state index in [0.717, 1.165) is 163 Å². The van der Waals surface area contributed by atoms with E-state index in [1.54, 1.807) is 109 Å². The molecule has 0 bridgehead atoms. The molecule has 24 nitrogen and oxygen atoms in total. The fourth-order valence-electron chi connectivity index (χ4n) is 19.1. The van der Waals surface area contributed by atoms with Gasteiger partial charge in [-0.25, -0.2) is 19.2 Å². The number of carboxylic acid groups (broad SMARTS) is 1. The molecule has 2 N–H and O–H groups in total. The second-order valence-corrected chi connectivity index (χ2v) is 37.0. The number of rotatable bonds is 21. The number of carboxylic acids is 1. The van der Waals surface area contributed by atoms with Crippen molar-refractivity contribution in [1.82, 2.24) is 39.1 Å². The van der Waals surface area contributed by atoms with Gasteiger partial charge >= 0.3 is 48.6 Å². The number of alkyl halides is 12. The molecule has 4 aliphatic heterocycles. The monoisotopic (exact) mass is 1890 g/mol.